The number of carbonyl (C=O) groups excluding carboxylic acids is 2. The molecule has 0 saturated carbocycles. The van der Waals surface area contributed by atoms with Crippen LogP contribution in [0.1, 0.15) is 42.0 Å². The molecule has 0 aliphatic carbocycles. The number of imide groups is 1. The second kappa shape index (κ2) is 10.6. The number of nitrogens with zero attached hydrogens (tertiary/aromatic N) is 1. The lowest BCUT2D eigenvalue weighted by Crippen LogP contribution is -2.33. The number of carboxylic acid groups (broad SMARTS) is 1. The first-order valence-electron chi connectivity index (χ1n) is 11.3. The number of benzene rings is 2. The first-order chi connectivity index (χ1) is 16.4. The van der Waals surface area contributed by atoms with Crippen molar-refractivity contribution < 1.29 is 33.7 Å². The molecule has 1 unspecified atom stereocenters. The quantitative estimate of drug-likeness (QED) is 0.484. The minimum Gasteiger partial charge on any atom is -0.493 e. The topological polar surface area (TPSA) is 114 Å². The van der Waals surface area contributed by atoms with E-state index in [2.05, 4.69) is 5.32 Å². The first kappa shape index (κ1) is 23.6. The highest BCUT2D eigenvalue weighted by atomic mass is 16.5. The van der Waals surface area contributed by atoms with E-state index in [0.717, 1.165) is 28.9 Å². The van der Waals surface area contributed by atoms with Gasteiger partial charge in [-0.25, -0.2) is 0 Å². The van der Waals surface area contributed by atoms with Crippen molar-refractivity contribution in [3.63, 3.8) is 0 Å². The fraction of sp³-hybridized carbons (Fsp3) is 0.400. The van der Waals surface area contributed by atoms with E-state index in [4.69, 9.17) is 14.2 Å². The van der Waals surface area contributed by atoms with E-state index >= 15 is 0 Å². The lowest BCUT2D eigenvalue weighted by Gasteiger charge is -2.19. The molecular weight excluding hydrogens is 440 g/mol. The van der Waals surface area contributed by atoms with Crippen molar-refractivity contribution in [3.05, 3.63) is 53.1 Å². The van der Waals surface area contributed by atoms with Gasteiger partial charge in [0.15, 0.2) is 11.5 Å². The third-order valence-corrected chi connectivity index (χ3v) is 6.00. The molecule has 1 saturated heterocycles. The summed E-state index contributed by atoms with van der Waals surface area (Å²) >= 11 is 0. The molecule has 34 heavy (non-hydrogen) atoms. The Kier molecular flexibility index (Phi) is 7.32. The van der Waals surface area contributed by atoms with Crippen LogP contribution in [0.3, 0.4) is 0 Å². The molecule has 1 atom stereocenters. The SMILES string of the molecule is COc1cc(CNC(CC(=O)O)c2ccc3c(c2)CCO3)ccc1OCCN1C(=O)CCC1=O. The van der Waals surface area contributed by atoms with E-state index < -0.39 is 5.97 Å². The van der Waals surface area contributed by atoms with Crippen molar-refractivity contribution in [1.29, 1.82) is 0 Å². The number of hydrogen-bond acceptors (Lipinski definition) is 7. The molecule has 9 heteroatoms. The summed E-state index contributed by atoms with van der Waals surface area (Å²) in [5, 5.41) is 12.7. The molecule has 180 valence electrons. The minimum absolute atomic E-state index is 0.0497. The fourth-order valence-electron chi connectivity index (χ4n) is 4.21. The largest absolute Gasteiger partial charge is 0.493 e. The Hall–Kier alpha value is -3.59. The second-order valence-electron chi connectivity index (χ2n) is 8.27. The summed E-state index contributed by atoms with van der Waals surface area (Å²) < 4.78 is 16.7. The normalized spacial score (nSPS) is 15.7. The maximum absolute atomic E-state index is 11.7. The van der Waals surface area contributed by atoms with E-state index in [-0.39, 0.29) is 50.3 Å². The zero-order valence-corrected chi connectivity index (χ0v) is 19.0. The molecule has 0 bridgehead atoms. The van der Waals surface area contributed by atoms with E-state index in [0.29, 0.717) is 24.7 Å². The fourth-order valence-corrected chi connectivity index (χ4v) is 4.21. The predicted molar refractivity (Wildman–Crippen MR) is 122 cm³/mol. The van der Waals surface area contributed by atoms with Crippen molar-refractivity contribution in [2.45, 2.75) is 38.3 Å². The highest BCUT2D eigenvalue weighted by Gasteiger charge is 2.28. The number of aliphatic carboxylic acids is 1. The number of likely N-dealkylation sites (tertiary alicyclic amines) is 1. The number of fused-ring (bicyclic) bond motifs is 1. The summed E-state index contributed by atoms with van der Waals surface area (Å²) in [6, 6.07) is 10.9. The molecular formula is C25H28N2O7. The smallest absolute Gasteiger partial charge is 0.305 e. The van der Waals surface area contributed by atoms with E-state index in [1.165, 1.54) is 12.0 Å². The highest BCUT2D eigenvalue weighted by molar-refractivity contribution is 6.01. The number of carbonyl (C=O) groups is 3. The molecule has 4 rings (SSSR count). The molecule has 2 aliphatic heterocycles. The van der Waals surface area contributed by atoms with Crippen molar-refractivity contribution in [2.24, 2.45) is 0 Å². The molecule has 0 radical (unpaired) electrons. The van der Waals surface area contributed by atoms with Gasteiger partial charge >= 0.3 is 5.97 Å². The van der Waals surface area contributed by atoms with Gasteiger partial charge in [0.25, 0.3) is 0 Å². The van der Waals surface area contributed by atoms with Gasteiger partial charge in [0.05, 0.1) is 26.7 Å². The van der Waals surface area contributed by atoms with Crippen LogP contribution >= 0.6 is 0 Å². The summed E-state index contributed by atoms with van der Waals surface area (Å²) in [5.74, 6) is 0.652. The van der Waals surface area contributed by atoms with Crippen LogP contribution in [0, 0.1) is 0 Å². The van der Waals surface area contributed by atoms with Gasteiger partial charge in [-0.05, 0) is 34.9 Å². The van der Waals surface area contributed by atoms with Gasteiger partial charge in [-0.15, -0.1) is 0 Å². The molecule has 2 N–H and O–H groups in total. The monoisotopic (exact) mass is 468 g/mol. The molecule has 9 nitrogen and oxygen atoms in total. The average molecular weight is 469 g/mol. The van der Waals surface area contributed by atoms with Gasteiger partial charge in [-0.3, -0.25) is 19.3 Å². The van der Waals surface area contributed by atoms with E-state index in [9.17, 15) is 19.5 Å². The van der Waals surface area contributed by atoms with Crippen LogP contribution in [-0.4, -0.2) is 54.7 Å². The van der Waals surface area contributed by atoms with E-state index in [1.54, 1.807) is 6.07 Å². The zero-order valence-electron chi connectivity index (χ0n) is 19.0. The molecule has 2 aliphatic rings. The van der Waals surface area contributed by atoms with E-state index in [1.807, 2.05) is 30.3 Å². The first-order valence-corrected chi connectivity index (χ1v) is 11.3. The van der Waals surface area contributed by atoms with Crippen LogP contribution in [-0.2, 0) is 27.3 Å². The number of amides is 2. The van der Waals surface area contributed by atoms with Gasteiger partial charge in [-0.1, -0.05) is 18.2 Å². The van der Waals surface area contributed by atoms with Crippen LogP contribution in [0.2, 0.25) is 0 Å². The summed E-state index contributed by atoms with van der Waals surface area (Å²) in [4.78, 5) is 36.1. The molecule has 2 aromatic rings. The number of rotatable bonds is 11. The number of carboxylic acids is 1. The van der Waals surface area contributed by atoms with Crippen LogP contribution < -0.4 is 19.5 Å². The summed E-state index contributed by atoms with van der Waals surface area (Å²) in [7, 11) is 1.53. The maximum Gasteiger partial charge on any atom is 0.305 e. The number of methoxy groups -OCH3 is 1. The standard InChI is InChI=1S/C25H28N2O7/c1-32-22-12-16(2-4-21(22)34-11-9-27-23(28)6-7-24(27)29)15-26-19(14-25(30)31)17-3-5-20-18(13-17)8-10-33-20/h2-5,12-13,19,26H,6-11,14-15H2,1H3,(H,30,31). The van der Waals surface area contributed by atoms with Gasteiger partial charge < -0.3 is 24.6 Å². The molecule has 2 amide bonds. The number of nitrogens with one attached hydrogen (secondary N) is 1. The van der Waals surface area contributed by atoms with Gasteiger partial charge in [-0.2, -0.15) is 0 Å². The van der Waals surface area contributed by atoms with Crippen molar-refractivity contribution >= 4 is 17.8 Å². The third-order valence-electron chi connectivity index (χ3n) is 6.00. The average Bonchev–Trinajstić information content (AvgIpc) is 3.43. The Bertz CT molecular complexity index is 1070. The maximum atomic E-state index is 11.7. The number of hydrogen-bond donors (Lipinski definition) is 2. The van der Waals surface area contributed by atoms with Crippen LogP contribution in [0.15, 0.2) is 36.4 Å². The zero-order chi connectivity index (χ0) is 24.1. The third kappa shape index (κ3) is 5.48. The summed E-state index contributed by atoms with van der Waals surface area (Å²) in [6.45, 7) is 1.45. The predicted octanol–water partition coefficient (Wildman–Crippen LogP) is 2.46. The molecule has 1 fully saturated rings. The lowest BCUT2D eigenvalue weighted by atomic mass is 9.99. The Labute approximate surface area is 197 Å². The number of ether oxygens (including phenoxy) is 3. The van der Waals surface area contributed by atoms with Crippen molar-refractivity contribution in [1.82, 2.24) is 10.2 Å². The van der Waals surface area contributed by atoms with Gasteiger partial charge in [0.2, 0.25) is 11.8 Å². The Morgan fingerprint density at radius 3 is 2.65 bits per heavy atom. The summed E-state index contributed by atoms with van der Waals surface area (Å²) in [5.41, 5.74) is 2.90. The second-order valence-corrected chi connectivity index (χ2v) is 8.27. The lowest BCUT2D eigenvalue weighted by molar-refractivity contribution is -0.139. The van der Waals surface area contributed by atoms with Crippen molar-refractivity contribution in [2.75, 3.05) is 26.9 Å². The van der Waals surface area contributed by atoms with Crippen LogP contribution in [0.4, 0.5) is 0 Å². The summed E-state index contributed by atoms with van der Waals surface area (Å²) in [6.07, 6.45) is 1.28. The minimum atomic E-state index is -0.884. The van der Waals surface area contributed by atoms with Crippen molar-refractivity contribution in [3.8, 4) is 17.2 Å². The molecule has 0 spiro atoms. The molecule has 0 aromatic heterocycles. The Balaban J connectivity index is 1.38. The highest BCUT2D eigenvalue weighted by Crippen LogP contribution is 2.31. The van der Waals surface area contributed by atoms with Gasteiger partial charge in [0.1, 0.15) is 12.4 Å². The van der Waals surface area contributed by atoms with Crippen LogP contribution in [0.5, 0.6) is 17.2 Å². The Morgan fingerprint density at radius 1 is 1.12 bits per heavy atom. The molecule has 2 heterocycles. The Morgan fingerprint density at radius 2 is 1.91 bits per heavy atom. The van der Waals surface area contributed by atoms with Crippen LogP contribution in [0.25, 0.3) is 0 Å². The van der Waals surface area contributed by atoms with Gasteiger partial charge in [0, 0.05) is 31.8 Å². The molecule has 2 aromatic carbocycles.